The lowest BCUT2D eigenvalue weighted by atomic mass is 9.97. The molecule has 21 heavy (non-hydrogen) atoms. The highest BCUT2D eigenvalue weighted by molar-refractivity contribution is 5.45. The first kappa shape index (κ1) is 15.5. The Morgan fingerprint density at radius 3 is 1.81 bits per heavy atom. The van der Waals surface area contributed by atoms with Crippen LogP contribution >= 0.6 is 0 Å². The van der Waals surface area contributed by atoms with E-state index in [1.165, 1.54) is 0 Å². The van der Waals surface area contributed by atoms with Crippen molar-refractivity contribution in [3.05, 3.63) is 65.2 Å². The summed E-state index contributed by atoms with van der Waals surface area (Å²) in [5, 5.41) is 23.9. The average molecular weight is 285 g/mol. The van der Waals surface area contributed by atoms with Crippen molar-refractivity contribution in [3.63, 3.8) is 0 Å². The highest BCUT2D eigenvalue weighted by Gasteiger charge is 2.19. The Hall–Kier alpha value is -1.84. The van der Waals surface area contributed by atoms with Gasteiger partial charge in [-0.3, -0.25) is 0 Å². The molecule has 2 aromatic rings. The lowest BCUT2D eigenvalue weighted by Crippen LogP contribution is -2.10. The van der Waals surface area contributed by atoms with Crippen LogP contribution in [0.15, 0.2) is 48.5 Å². The summed E-state index contributed by atoms with van der Waals surface area (Å²) in [6, 6.07) is 15.1. The quantitative estimate of drug-likeness (QED) is 0.760. The first-order chi connectivity index (χ1) is 10.1. The van der Waals surface area contributed by atoms with E-state index >= 15 is 0 Å². The standard InChI is InChI=1S/C18H23NO2/c1-3-12-19-16-10-8-15(9-11-16)18(21)17(20)14-6-4-13(2)5-7-14/h4-11,17-21H,3,12H2,1-2H3. The first-order valence-electron chi connectivity index (χ1n) is 7.38. The Morgan fingerprint density at radius 2 is 1.33 bits per heavy atom. The Bertz CT molecular complexity index is 548. The van der Waals surface area contributed by atoms with Crippen LogP contribution in [0.2, 0.25) is 0 Å². The number of hydrogen-bond acceptors (Lipinski definition) is 3. The molecule has 112 valence electrons. The van der Waals surface area contributed by atoms with Crippen LogP contribution < -0.4 is 5.32 Å². The van der Waals surface area contributed by atoms with Gasteiger partial charge in [-0.2, -0.15) is 0 Å². The van der Waals surface area contributed by atoms with Crippen LogP contribution in [-0.4, -0.2) is 16.8 Å². The van der Waals surface area contributed by atoms with E-state index in [4.69, 9.17) is 0 Å². The lowest BCUT2D eigenvalue weighted by Gasteiger charge is -2.19. The van der Waals surface area contributed by atoms with Gasteiger partial charge >= 0.3 is 0 Å². The second-order valence-corrected chi connectivity index (χ2v) is 5.35. The van der Waals surface area contributed by atoms with Gasteiger partial charge in [-0.1, -0.05) is 48.9 Å². The molecule has 0 aliphatic rings. The van der Waals surface area contributed by atoms with Gasteiger partial charge in [0, 0.05) is 12.2 Å². The Labute approximate surface area is 126 Å². The monoisotopic (exact) mass is 285 g/mol. The predicted octanol–water partition coefficient (Wildman–Crippen LogP) is 3.58. The van der Waals surface area contributed by atoms with Crippen LogP contribution in [0.25, 0.3) is 0 Å². The number of rotatable bonds is 6. The molecule has 0 bridgehead atoms. The fourth-order valence-electron chi connectivity index (χ4n) is 2.20. The lowest BCUT2D eigenvalue weighted by molar-refractivity contribution is 0.0172. The minimum absolute atomic E-state index is 0.713. The van der Waals surface area contributed by atoms with E-state index in [-0.39, 0.29) is 0 Å². The average Bonchev–Trinajstić information content (AvgIpc) is 2.53. The Kier molecular flexibility index (Phi) is 5.37. The van der Waals surface area contributed by atoms with Crippen LogP contribution in [0, 0.1) is 6.92 Å². The van der Waals surface area contributed by atoms with Crippen LogP contribution in [0.3, 0.4) is 0 Å². The minimum atomic E-state index is -0.923. The van der Waals surface area contributed by atoms with Crippen LogP contribution in [-0.2, 0) is 0 Å². The maximum absolute atomic E-state index is 10.3. The van der Waals surface area contributed by atoms with Crippen molar-refractivity contribution in [1.82, 2.24) is 0 Å². The molecule has 0 amide bonds. The molecule has 0 radical (unpaired) electrons. The van der Waals surface area contributed by atoms with Gasteiger partial charge in [0.25, 0.3) is 0 Å². The van der Waals surface area contributed by atoms with Crippen molar-refractivity contribution < 1.29 is 10.2 Å². The van der Waals surface area contributed by atoms with E-state index in [9.17, 15) is 10.2 Å². The number of benzene rings is 2. The van der Waals surface area contributed by atoms with Crippen LogP contribution in [0.5, 0.6) is 0 Å². The van der Waals surface area contributed by atoms with E-state index in [0.29, 0.717) is 5.56 Å². The van der Waals surface area contributed by atoms with E-state index in [1.54, 1.807) is 0 Å². The predicted molar refractivity (Wildman–Crippen MR) is 86.3 cm³/mol. The second kappa shape index (κ2) is 7.25. The van der Waals surface area contributed by atoms with Gasteiger partial charge in [0.1, 0.15) is 12.2 Å². The summed E-state index contributed by atoms with van der Waals surface area (Å²) in [5.41, 5.74) is 3.59. The van der Waals surface area contributed by atoms with Crippen LogP contribution in [0.4, 0.5) is 5.69 Å². The fraction of sp³-hybridized carbons (Fsp3) is 0.333. The summed E-state index contributed by atoms with van der Waals surface area (Å²) in [4.78, 5) is 0. The molecule has 2 atom stereocenters. The molecule has 3 N–H and O–H groups in total. The molecule has 0 saturated carbocycles. The van der Waals surface area contributed by atoms with Gasteiger partial charge in [-0.25, -0.2) is 0 Å². The van der Waals surface area contributed by atoms with Crippen molar-refractivity contribution in [1.29, 1.82) is 0 Å². The summed E-state index contributed by atoms with van der Waals surface area (Å²) in [7, 11) is 0. The highest BCUT2D eigenvalue weighted by Crippen LogP contribution is 2.29. The fourth-order valence-corrected chi connectivity index (χ4v) is 2.20. The van der Waals surface area contributed by atoms with E-state index in [1.807, 2.05) is 55.5 Å². The maximum Gasteiger partial charge on any atom is 0.109 e. The normalized spacial score (nSPS) is 13.7. The highest BCUT2D eigenvalue weighted by atomic mass is 16.3. The molecule has 0 saturated heterocycles. The van der Waals surface area contributed by atoms with Crippen molar-refractivity contribution in [2.45, 2.75) is 32.5 Å². The minimum Gasteiger partial charge on any atom is -0.385 e. The molecular formula is C18H23NO2. The molecular weight excluding hydrogens is 262 g/mol. The summed E-state index contributed by atoms with van der Waals surface area (Å²) < 4.78 is 0. The Morgan fingerprint density at radius 1 is 0.857 bits per heavy atom. The summed E-state index contributed by atoms with van der Waals surface area (Å²) in [6.45, 7) is 5.03. The summed E-state index contributed by atoms with van der Waals surface area (Å²) in [5.74, 6) is 0. The van der Waals surface area contributed by atoms with Gasteiger partial charge in [-0.05, 0) is 36.6 Å². The Balaban J connectivity index is 2.08. The van der Waals surface area contributed by atoms with Gasteiger partial charge in [0.15, 0.2) is 0 Å². The van der Waals surface area contributed by atoms with E-state index in [2.05, 4.69) is 12.2 Å². The molecule has 3 heteroatoms. The number of aliphatic hydroxyl groups excluding tert-OH is 2. The number of anilines is 1. The van der Waals surface area contributed by atoms with Gasteiger partial charge < -0.3 is 15.5 Å². The molecule has 2 rings (SSSR count). The molecule has 0 aliphatic heterocycles. The number of aryl methyl sites for hydroxylation is 1. The zero-order valence-corrected chi connectivity index (χ0v) is 12.6. The molecule has 0 aromatic heterocycles. The zero-order chi connectivity index (χ0) is 15.2. The van der Waals surface area contributed by atoms with E-state index in [0.717, 1.165) is 29.8 Å². The smallest absolute Gasteiger partial charge is 0.109 e. The molecule has 2 aromatic carbocycles. The third-order valence-corrected chi connectivity index (χ3v) is 3.55. The maximum atomic E-state index is 10.3. The number of nitrogens with one attached hydrogen (secondary N) is 1. The molecule has 0 fully saturated rings. The van der Waals surface area contributed by atoms with E-state index < -0.39 is 12.2 Å². The summed E-state index contributed by atoms with van der Waals surface area (Å²) in [6.07, 6.45) is -0.774. The number of aliphatic hydroxyl groups is 2. The van der Waals surface area contributed by atoms with Crippen molar-refractivity contribution >= 4 is 5.69 Å². The molecule has 0 aliphatic carbocycles. The second-order valence-electron chi connectivity index (χ2n) is 5.35. The third-order valence-electron chi connectivity index (χ3n) is 3.55. The van der Waals surface area contributed by atoms with Crippen LogP contribution in [0.1, 0.15) is 42.2 Å². The molecule has 0 heterocycles. The third kappa shape index (κ3) is 4.06. The van der Waals surface area contributed by atoms with Crippen molar-refractivity contribution in [3.8, 4) is 0 Å². The largest absolute Gasteiger partial charge is 0.385 e. The van der Waals surface area contributed by atoms with Gasteiger partial charge in [-0.15, -0.1) is 0 Å². The molecule has 2 unspecified atom stereocenters. The molecule has 3 nitrogen and oxygen atoms in total. The SMILES string of the molecule is CCCNc1ccc(C(O)C(O)c2ccc(C)cc2)cc1. The van der Waals surface area contributed by atoms with Crippen molar-refractivity contribution in [2.75, 3.05) is 11.9 Å². The van der Waals surface area contributed by atoms with Crippen molar-refractivity contribution in [2.24, 2.45) is 0 Å². The topological polar surface area (TPSA) is 52.5 Å². The first-order valence-corrected chi connectivity index (χ1v) is 7.38. The summed E-state index contributed by atoms with van der Waals surface area (Å²) >= 11 is 0. The van der Waals surface area contributed by atoms with Gasteiger partial charge in [0.2, 0.25) is 0 Å². The molecule has 0 spiro atoms. The zero-order valence-electron chi connectivity index (χ0n) is 12.6. The number of hydrogen-bond donors (Lipinski definition) is 3. The van der Waals surface area contributed by atoms with Gasteiger partial charge in [0.05, 0.1) is 0 Å².